The summed E-state index contributed by atoms with van der Waals surface area (Å²) in [4.78, 5) is 2.44. The lowest BCUT2D eigenvalue weighted by Crippen LogP contribution is -2.34. The highest BCUT2D eigenvalue weighted by molar-refractivity contribution is 4.93. The van der Waals surface area contributed by atoms with Gasteiger partial charge in [-0.15, -0.1) is 0 Å². The van der Waals surface area contributed by atoms with E-state index in [4.69, 9.17) is 5.26 Å². The van der Waals surface area contributed by atoms with E-state index in [1.165, 1.54) is 12.8 Å². The van der Waals surface area contributed by atoms with E-state index in [2.05, 4.69) is 11.0 Å². The lowest BCUT2D eigenvalue weighted by Gasteiger charge is -2.27. The molecule has 0 amide bonds. The molecule has 0 aromatic rings. The zero-order chi connectivity index (χ0) is 12.2. The molecule has 0 aromatic heterocycles. The highest BCUT2D eigenvalue weighted by atomic mass is 16.3. The molecular formula is C13H24N2O. The molecule has 16 heavy (non-hydrogen) atoms. The molecule has 1 heterocycles. The summed E-state index contributed by atoms with van der Waals surface area (Å²) < 4.78 is 0. The summed E-state index contributed by atoms with van der Waals surface area (Å²) in [6, 6.07) is 2.87. The highest BCUT2D eigenvalue weighted by Crippen LogP contribution is 2.25. The van der Waals surface area contributed by atoms with Crippen LogP contribution in [0, 0.1) is 16.7 Å². The molecule has 1 fully saturated rings. The molecule has 92 valence electrons. The van der Waals surface area contributed by atoms with Crippen molar-refractivity contribution in [2.45, 2.75) is 58.6 Å². The van der Waals surface area contributed by atoms with E-state index in [1.807, 2.05) is 20.8 Å². The molecule has 1 aliphatic rings. The van der Waals surface area contributed by atoms with Gasteiger partial charge in [-0.05, 0) is 59.5 Å². The van der Waals surface area contributed by atoms with Crippen molar-refractivity contribution < 1.29 is 5.11 Å². The summed E-state index contributed by atoms with van der Waals surface area (Å²) in [6.07, 6.45) is 3.99. The van der Waals surface area contributed by atoms with Crippen LogP contribution in [0.5, 0.6) is 0 Å². The number of aliphatic hydroxyl groups excluding tert-OH is 1. The standard InChI is InChI=1S/C13H24N2O/c1-11(16)9-12-5-4-7-15(12)8-6-13(2,3)10-14/h11-12,16H,4-9H2,1-3H3. The van der Waals surface area contributed by atoms with E-state index in [1.54, 1.807) is 0 Å². The molecule has 1 rings (SSSR count). The predicted molar refractivity (Wildman–Crippen MR) is 64.9 cm³/mol. The normalized spacial score (nSPS) is 24.3. The van der Waals surface area contributed by atoms with E-state index in [0.717, 1.165) is 25.9 Å². The van der Waals surface area contributed by atoms with Crippen molar-refractivity contribution in [2.75, 3.05) is 13.1 Å². The van der Waals surface area contributed by atoms with Gasteiger partial charge in [0.05, 0.1) is 17.6 Å². The van der Waals surface area contributed by atoms with Crippen molar-refractivity contribution in [1.82, 2.24) is 4.90 Å². The summed E-state index contributed by atoms with van der Waals surface area (Å²) in [6.45, 7) is 7.95. The largest absolute Gasteiger partial charge is 0.393 e. The van der Waals surface area contributed by atoms with Crippen molar-refractivity contribution in [2.24, 2.45) is 5.41 Å². The van der Waals surface area contributed by atoms with Gasteiger partial charge >= 0.3 is 0 Å². The topological polar surface area (TPSA) is 47.3 Å². The van der Waals surface area contributed by atoms with E-state index >= 15 is 0 Å². The fraction of sp³-hybridized carbons (Fsp3) is 0.923. The Bertz CT molecular complexity index is 255. The minimum atomic E-state index is -0.224. The van der Waals surface area contributed by atoms with Crippen LogP contribution in [-0.4, -0.2) is 35.2 Å². The zero-order valence-electron chi connectivity index (χ0n) is 10.7. The van der Waals surface area contributed by atoms with Crippen LogP contribution >= 0.6 is 0 Å². The van der Waals surface area contributed by atoms with Gasteiger partial charge in [0.15, 0.2) is 0 Å². The third-order valence-corrected chi connectivity index (χ3v) is 3.44. The van der Waals surface area contributed by atoms with Crippen molar-refractivity contribution in [3.8, 4) is 6.07 Å². The fourth-order valence-corrected chi connectivity index (χ4v) is 2.33. The summed E-state index contributed by atoms with van der Waals surface area (Å²) in [5.41, 5.74) is -0.224. The molecule has 0 spiro atoms. The molecule has 0 radical (unpaired) electrons. The van der Waals surface area contributed by atoms with Gasteiger partial charge < -0.3 is 10.0 Å². The quantitative estimate of drug-likeness (QED) is 0.778. The third-order valence-electron chi connectivity index (χ3n) is 3.44. The first-order valence-electron chi connectivity index (χ1n) is 6.28. The van der Waals surface area contributed by atoms with Crippen LogP contribution in [0.2, 0.25) is 0 Å². The first-order chi connectivity index (χ1) is 7.44. The lowest BCUT2D eigenvalue weighted by atomic mass is 9.91. The smallest absolute Gasteiger partial charge is 0.0684 e. The highest BCUT2D eigenvalue weighted by Gasteiger charge is 2.27. The summed E-state index contributed by atoms with van der Waals surface area (Å²) in [5.74, 6) is 0. The van der Waals surface area contributed by atoms with Gasteiger partial charge in [0.25, 0.3) is 0 Å². The molecule has 0 saturated carbocycles. The second kappa shape index (κ2) is 5.65. The second-order valence-corrected chi connectivity index (χ2v) is 5.66. The average Bonchev–Trinajstić information content (AvgIpc) is 2.62. The average molecular weight is 224 g/mol. The Kier molecular flexibility index (Phi) is 4.76. The minimum Gasteiger partial charge on any atom is -0.393 e. The van der Waals surface area contributed by atoms with Crippen molar-refractivity contribution in [3.63, 3.8) is 0 Å². The molecule has 2 unspecified atom stereocenters. The van der Waals surface area contributed by atoms with Crippen LogP contribution in [-0.2, 0) is 0 Å². The number of hydrogen-bond acceptors (Lipinski definition) is 3. The SMILES string of the molecule is CC(O)CC1CCCN1CCC(C)(C)C#N. The van der Waals surface area contributed by atoms with Gasteiger partial charge in [0.1, 0.15) is 0 Å². The van der Waals surface area contributed by atoms with Gasteiger partial charge in [-0.25, -0.2) is 0 Å². The van der Waals surface area contributed by atoms with Crippen LogP contribution < -0.4 is 0 Å². The van der Waals surface area contributed by atoms with Gasteiger partial charge in [0, 0.05) is 6.04 Å². The minimum absolute atomic E-state index is 0.213. The maximum absolute atomic E-state index is 9.43. The maximum Gasteiger partial charge on any atom is 0.0684 e. The number of hydrogen-bond donors (Lipinski definition) is 1. The maximum atomic E-state index is 9.43. The molecule has 0 bridgehead atoms. The third kappa shape index (κ3) is 4.11. The first-order valence-corrected chi connectivity index (χ1v) is 6.28. The Morgan fingerprint density at radius 1 is 1.56 bits per heavy atom. The van der Waals surface area contributed by atoms with Crippen LogP contribution in [0.4, 0.5) is 0 Å². The Hall–Kier alpha value is -0.590. The summed E-state index contributed by atoms with van der Waals surface area (Å²) in [7, 11) is 0. The first kappa shape index (κ1) is 13.5. The number of aliphatic hydroxyl groups is 1. The monoisotopic (exact) mass is 224 g/mol. The molecule has 1 aliphatic heterocycles. The second-order valence-electron chi connectivity index (χ2n) is 5.66. The number of nitriles is 1. The lowest BCUT2D eigenvalue weighted by molar-refractivity contribution is 0.129. The van der Waals surface area contributed by atoms with Gasteiger partial charge in [-0.2, -0.15) is 5.26 Å². The van der Waals surface area contributed by atoms with Crippen molar-refractivity contribution >= 4 is 0 Å². The summed E-state index contributed by atoms with van der Waals surface area (Å²) in [5, 5.41) is 18.4. The van der Waals surface area contributed by atoms with E-state index in [0.29, 0.717) is 6.04 Å². The number of likely N-dealkylation sites (tertiary alicyclic amines) is 1. The molecule has 1 saturated heterocycles. The van der Waals surface area contributed by atoms with Gasteiger partial charge in [0.2, 0.25) is 0 Å². The van der Waals surface area contributed by atoms with E-state index < -0.39 is 0 Å². The molecule has 2 atom stereocenters. The summed E-state index contributed by atoms with van der Waals surface area (Å²) >= 11 is 0. The Morgan fingerprint density at radius 3 is 2.81 bits per heavy atom. The Balaban J connectivity index is 2.39. The van der Waals surface area contributed by atoms with Crippen LogP contribution in [0.25, 0.3) is 0 Å². The Morgan fingerprint density at radius 2 is 2.25 bits per heavy atom. The molecule has 0 aliphatic carbocycles. The Labute approximate surface area is 99.1 Å². The molecule has 1 N–H and O–H groups in total. The van der Waals surface area contributed by atoms with Crippen molar-refractivity contribution in [1.29, 1.82) is 5.26 Å². The van der Waals surface area contributed by atoms with Crippen molar-refractivity contribution in [3.05, 3.63) is 0 Å². The van der Waals surface area contributed by atoms with Gasteiger partial charge in [-0.3, -0.25) is 0 Å². The van der Waals surface area contributed by atoms with Crippen LogP contribution in [0.15, 0.2) is 0 Å². The van der Waals surface area contributed by atoms with E-state index in [9.17, 15) is 5.11 Å². The number of nitrogens with zero attached hydrogens (tertiary/aromatic N) is 2. The molecule has 3 heteroatoms. The van der Waals surface area contributed by atoms with Crippen LogP contribution in [0.1, 0.15) is 46.5 Å². The van der Waals surface area contributed by atoms with Crippen LogP contribution in [0.3, 0.4) is 0 Å². The van der Waals surface area contributed by atoms with Gasteiger partial charge in [-0.1, -0.05) is 0 Å². The molecule has 0 aromatic carbocycles. The van der Waals surface area contributed by atoms with E-state index in [-0.39, 0.29) is 11.5 Å². The zero-order valence-corrected chi connectivity index (χ0v) is 10.7. The molecule has 3 nitrogen and oxygen atoms in total. The predicted octanol–water partition coefficient (Wildman–Crippen LogP) is 2.16. The molecular weight excluding hydrogens is 200 g/mol. The number of rotatable bonds is 5. The fourth-order valence-electron chi connectivity index (χ4n) is 2.33.